The minimum Gasteiger partial charge on any atom is -0.368 e. The smallest absolute Gasteiger partial charge is 0.243 e. The molecule has 3 heterocycles. The number of primary amides is 1. The van der Waals surface area contributed by atoms with Gasteiger partial charge in [0.15, 0.2) is 0 Å². The number of fused-ring (bicyclic) bond motifs is 3. The number of aromatic nitrogens is 3. The van der Waals surface area contributed by atoms with Crippen molar-refractivity contribution in [1.29, 1.82) is 0 Å². The Hall–Kier alpha value is -4.04. The standard InChI is InChI=1S/C29H47N9O6/c1-5-18(4)25-29(44)32-20(27(42)33-21(26(30)41)14-17(2)3)11-13-37-16-19(35-36-37)8-6-10-23(39)31-15-24(40)38-12-7-9-22(38)28(43)34-25/h16-18,20-22,25H,5-15H2,1-4H3,(H2,30,41)(H,31,39)(H,32,44)(H,33,42)(H,34,43)/t18-,20?,21-,22-,25-/m0/s1. The number of hydrogen-bond donors (Lipinski definition) is 5. The van der Waals surface area contributed by atoms with Gasteiger partial charge in [-0.15, -0.1) is 5.10 Å². The van der Waals surface area contributed by atoms with Crippen molar-refractivity contribution in [2.24, 2.45) is 17.6 Å². The summed E-state index contributed by atoms with van der Waals surface area (Å²) in [6.07, 6.45) is 4.87. The molecular formula is C29H47N9O6. The molecule has 1 aromatic heterocycles. The van der Waals surface area contributed by atoms with E-state index in [1.165, 1.54) is 4.90 Å². The molecule has 1 unspecified atom stereocenters. The summed E-state index contributed by atoms with van der Waals surface area (Å²) in [5.74, 6) is -3.19. The second kappa shape index (κ2) is 16.1. The van der Waals surface area contributed by atoms with Crippen molar-refractivity contribution >= 4 is 35.4 Å². The molecule has 0 radical (unpaired) electrons. The van der Waals surface area contributed by atoms with Crippen LogP contribution in [-0.2, 0) is 41.7 Å². The van der Waals surface area contributed by atoms with Crippen LogP contribution in [0.1, 0.15) is 78.3 Å². The van der Waals surface area contributed by atoms with Crippen LogP contribution in [-0.4, -0.2) is 92.6 Å². The summed E-state index contributed by atoms with van der Waals surface area (Å²) in [7, 11) is 0. The second-order valence-corrected chi connectivity index (χ2v) is 12.2. The molecule has 1 saturated heterocycles. The highest BCUT2D eigenvalue weighted by Gasteiger charge is 2.38. The Morgan fingerprint density at radius 2 is 1.80 bits per heavy atom. The minimum absolute atomic E-state index is 0.0767. The molecule has 2 aliphatic heterocycles. The van der Waals surface area contributed by atoms with E-state index in [1.54, 1.807) is 10.9 Å². The molecule has 0 spiro atoms. The van der Waals surface area contributed by atoms with Crippen molar-refractivity contribution < 1.29 is 28.8 Å². The number of hydrogen-bond acceptors (Lipinski definition) is 8. The first-order chi connectivity index (χ1) is 20.9. The molecule has 6 N–H and O–H groups in total. The van der Waals surface area contributed by atoms with Gasteiger partial charge in [0.25, 0.3) is 0 Å². The summed E-state index contributed by atoms with van der Waals surface area (Å²) < 4.78 is 1.54. The lowest BCUT2D eigenvalue weighted by atomic mass is 9.97. The lowest BCUT2D eigenvalue weighted by Gasteiger charge is -2.30. The topological polar surface area (TPSA) is 211 Å². The fraction of sp³-hybridized carbons (Fsp3) is 0.724. The van der Waals surface area contributed by atoms with Crippen LogP contribution in [0.4, 0.5) is 0 Å². The van der Waals surface area contributed by atoms with Gasteiger partial charge in [0.05, 0.1) is 12.2 Å². The van der Waals surface area contributed by atoms with Crippen LogP contribution in [0.25, 0.3) is 0 Å². The van der Waals surface area contributed by atoms with Crippen LogP contribution in [0.3, 0.4) is 0 Å². The number of rotatable bonds is 7. The van der Waals surface area contributed by atoms with E-state index < -0.39 is 47.8 Å². The third-order valence-corrected chi connectivity index (χ3v) is 8.18. The summed E-state index contributed by atoms with van der Waals surface area (Å²) in [6.45, 7) is 7.85. The van der Waals surface area contributed by atoms with Crippen molar-refractivity contribution in [2.75, 3.05) is 13.1 Å². The van der Waals surface area contributed by atoms with Crippen LogP contribution in [0.15, 0.2) is 6.20 Å². The lowest BCUT2D eigenvalue weighted by Crippen LogP contribution is -2.59. The predicted octanol–water partition coefficient (Wildman–Crippen LogP) is -0.856. The van der Waals surface area contributed by atoms with E-state index in [0.717, 1.165) is 0 Å². The second-order valence-electron chi connectivity index (χ2n) is 12.2. The lowest BCUT2D eigenvalue weighted by molar-refractivity contribution is -0.140. The van der Waals surface area contributed by atoms with Gasteiger partial charge >= 0.3 is 0 Å². The Morgan fingerprint density at radius 1 is 1.05 bits per heavy atom. The van der Waals surface area contributed by atoms with Gasteiger partial charge in [-0.25, -0.2) is 0 Å². The molecule has 2 aliphatic rings. The summed E-state index contributed by atoms with van der Waals surface area (Å²) in [5, 5.41) is 19.2. The molecule has 0 aromatic carbocycles. The third-order valence-electron chi connectivity index (χ3n) is 8.18. The van der Waals surface area contributed by atoms with Gasteiger partial charge in [-0.1, -0.05) is 39.3 Å². The highest BCUT2D eigenvalue weighted by Crippen LogP contribution is 2.19. The Labute approximate surface area is 257 Å². The number of carbonyl (C=O) groups is 6. The zero-order chi connectivity index (χ0) is 32.4. The van der Waals surface area contributed by atoms with Gasteiger partial charge in [-0.2, -0.15) is 0 Å². The Bertz CT molecular complexity index is 1200. The van der Waals surface area contributed by atoms with Crippen molar-refractivity contribution in [1.82, 2.24) is 41.2 Å². The summed E-state index contributed by atoms with van der Waals surface area (Å²) >= 11 is 0. The van der Waals surface area contributed by atoms with Crippen molar-refractivity contribution in [3.05, 3.63) is 11.9 Å². The average Bonchev–Trinajstić information content (AvgIpc) is 3.65. The van der Waals surface area contributed by atoms with Crippen LogP contribution in [0, 0.1) is 11.8 Å². The number of amides is 6. The van der Waals surface area contributed by atoms with Gasteiger partial charge in [-0.3, -0.25) is 33.4 Å². The zero-order valence-electron chi connectivity index (χ0n) is 26.1. The van der Waals surface area contributed by atoms with E-state index in [2.05, 4.69) is 31.6 Å². The van der Waals surface area contributed by atoms with E-state index in [4.69, 9.17) is 5.73 Å². The number of nitrogens with one attached hydrogen (secondary N) is 4. The minimum atomic E-state index is -1.08. The van der Waals surface area contributed by atoms with Crippen molar-refractivity contribution in [3.8, 4) is 0 Å². The molecule has 244 valence electrons. The molecule has 0 saturated carbocycles. The van der Waals surface area contributed by atoms with Crippen LogP contribution >= 0.6 is 0 Å². The van der Waals surface area contributed by atoms with E-state index in [-0.39, 0.29) is 49.6 Å². The van der Waals surface area contributed by atoms with E-state index in [0.29, 0.717) is 50.8 Å². The van der Waals surface area contributed by atoms with E-state index in [1.807, 2.05) is 27.7 Å². The molecule has 15 heteroatoms. The van der Waals surface area contributed by atoms with E-state index >= 15 is 0 Å². The number of nitrogens with zero attached hydrogens (tertiary/aromatic N) is 4. The SMILES string of the molecule is CC[C@H](C)[C@@H]1NC(=O)[C@@H]2CCCN2C(=O)CNC(=O)CCCc2cn(nn2)CCC(C(=O)N[C@@H](CC(C)C)C(N)=O)NC1=O. The number of nitrogens with two attached hydrogens (primary N) is 1. The molecule has 3 rings (SSSR count). The first kappa shape index (κ1) is 34.5. The largest absolute Gasteiger partial charge is 0.368 e. The average molecular weight is 618 g/mol. The predicted molar refractivity (Wildman–Crippen MR) is 159 cm³/mol. The van der Waals surface area contributed by atoms with Gasteiger partial charge in [-0.05, 0) is 50.4 Å². The maximum atomic E-state index is 13.7. The van der Waals surface area contributed by atoms with E-state index in [9.17, 15) is 28.8 Å². The third kappa shape index (κ3) is 9.74. The Kier molecular flexibility index (Phi) is 12.6. The fourth-order valence-corrected chi connectivity index (χ4v) is 5.43. The molecular weight excluding hydrogens is 570 g/mol. The summed E-state index contributed by atoms with van der Waals surface area (Å²) in [4.78, 5) is 79.5. The molecule has 5 atom stereocenters. The van der Waals surface area contributed by atoms with Gasteiger partial charge in [0, 0.05) is 25.7 Å². The van der Waals surface area contributed by atoms with Gasteiger partial charge in [0.1, 0.15) is 24.2 Å². The summed E-state index contributed by atoms with van der Waals surface area (Å²) in [6, 6.07) is -3.78. The highest BCUT2D eigenvalue weighted by atomic mass is 16.2. The first-order valence-electron chi connectivity index (χ1n) is 15.5. The van der Waals surface area contributed by atoms with Crippen molar-refractivity contribution in [3.63, 3.8) is 0 Å². The van der Waals surface area contributed by atoms with Crippen molar-refractivity contribution in [2.45, 2.75) is 110 Å². The molecule has 2 bridgehead atoms. The maximum Gasteiger partial charge on any atom is 0.243 e. The van der Waals surface area contributed by atoms with Crippen LogP contribution in [0.5, 0.6) is 0 Å². The quantitative estimate of drug-likeness (QED) is 0.259. The normalized spacial score (nSPS) is 24.0. The fourth-order valence-electron chi connectivity index (χ4n) is 5.43. The Balaban J connectivity index is 1.90. The monoisotopic (exact) mass is 617 g/mol. The summed E-state index contributed by atoms with van der Waals surface area (Å²) in [5.41, 5.74) is 6.21. The molecule has 15 nitrogen and oxygen atoms in total. The Morgan fingerprint density at radius 3 is 2.48 bits per heavy atom. The molecule has 44 heavy (non-hydrogen) atoms. The number of carbonyl (C=O) groups excluding carboxylic acids is 6. The van der Waals surface area contributed by atoms with Gasteiger partial charge < -0.3 is 31.9 Å². The zero-order valence-corrected chi connectivity index (χ0v) is 26.1. The molecule has 1 aromatic rings. The molecule has 6 amide bonds. The van der Waals surface area contributed by atoms with Gasteiger partial charge in [0.2, 0.25) is 35.4 Å². The molecule has 1 fully saturated rings. The molecule has 0 aliphatic carbocycles. The maximum absolute atomic E-state index is 13.7. The van der Waals surface area contributed by atoms with Crippen LogP contribution < -0.4 is 27.0 Å². The highest BCUT2D eigenvalue weighted by molar-refractivity contribution is 5.96. The van der Waals surface area contributed by atoms with Crippen LogP contribution in [0.2, 0.25) is 0 Å². The first-order valence-corrected chi connectivity index (χ1v) is 15.5. The number of aryl methyl sites for hydroxylation is 2.